The molecule has 0 aliphatic carbocycles. The van der Waals surface area contributed by atoms with E-state index in [4.69, 9.17) is 0 Å². The van der Waals surface area contributed by atoms with Gasteiger partial charge in [0.15, 0.2) is 0 Å². The van der Waals surface area contributed by atoms with E-state index in [9.17, 15) is 9.59 Å². The third-order valence-corrected chi connectivity index (χ3v) is 5.15. The molecule has 24 heavy (non-hydrogen) atoms. The number of aryl methyl sites for hydroxylation is 2. The highest BCUT2D eigenvalue weighted by Crippen LogP contribution is 2.32. The van der Waals surface area contributed by atoms with Crippen LogP contribution in [0, 0.1) is 0 Å². The lowest BCUT2D eigenvalue weighted by Crippen LogP contribution is -2.39. The van der Waals surface area contributed by atoms with Gasteiger partial charge in [-0.3, -0.25) is 4.79 Å². The number of carbonyl (C=O) groups excluding carboxylic acids is 2. The van der Waals surface area contributed by atoms with Gasteiger partial charge in [0.25, 0.3) is 11.9 Å². The SMILES string of the molecule is O=C1C2Cc3ccccc3CN2C(=O)N1c1nc2n(n1)CCCC2. The first-order valence-corrected chi connectivity index (χ1v) is 8.37. The van der Waals surface area contributed by atoms with E-state index >= 15 is 0 Å². The molecule has 2 aromatic rings. The number of hydrogen-bond acceptors (Lipinski definition) is 4. The molecule has 0 saturated carbocycles. The summed E-state index contributed by atoms with van der Waals surface area (Å²) in [5, 5.41) is 4.40. The number of rotatable bonds is 1. The van der Waals surface area contributed by atoms with Crippen LogP contribution in [0.1, 0.15) is 29.8 Å². The summed E-state index contributed by atoms with van der Waals surface area (Å²) in [6.45, 7) is 1.27. The Balaban J connectivity index is 1.51. The van der Waals surface area contributed by atoms with E-state index in [1.807, 2.05) is 28.9 Å². The molecular weight excluding hydrogens is 306 g/mol. The van der Waals surface area contributed by atoms with E-state index in [0.29, 0.717) is 13.0 Å². The molecule has 0 spiro atoms. The van der Waals surface area contributed by atoms with Crippen molar-refractivity contribution >= 4 is 17.9 Å². The number of nitrogens with zero attached hydrogens (tertiary/aromatic N) is 5. The van der Waals surface area contributed by atoms with Crippen LogP contribution in [-0.2, 0) is 30.7 Å². The zero-order valence-corrected chi connectivity index (χ0v) is 13.2. The van der Waals surface area contributed by atoms with Crippen LogP contribution >= 0.6 is 0 Å². The molecule has 1 aromatic carbocycles. The van der Waals surface area contributed by atoms with Crippen molar-refractivity contribution in [3.05, 3.63) is 41.2 Å². The maximum atomic E-state index is 12.8. The monoisotopic (exact) mass is 323 g/mol. The first-order valence-electron chi connectivity index (χ1n) is 8.37. The Morgan fingerprint density at radius 2 is 1.92 bits per heavy atom. The minimum absolute atomic E-state index is 0.211. The number of urea groups is 1. The topological polar surface area (TPSA) is 71.3 Å². The quantitative estimate of drug-likeness (QED) is 0.746. The number of fused-ring (bicyclic) bond motifs is 3. The second-order valence-corrected chi connectivity index (χ2v) is 6.58. The van der Waals surface area contributed by atoms with Crippen LogP contribution in [0.4, 0.5) is 10.7 Å². The van der Waals surface area contributed by atoms with Crippen LogP contribution in [0.5, 0.6) is 0 Å². The molecule has 3 amide bonds. The fourth-order valence-corrected chi connectivity index (χ4v) is 3.87. The Kier molecular flexibility index (Phi) is 2.80. The number of anilines is 1. The first-order chi connectivity index (χ1) is 11.7. The Morgan fingerprint density at radius 1 is 1.08 bits per heavy atom. The second kappa shape index (κ2) is 4.90. The number of aromatic nitrogens is 3. The van der Waals surface area contributed by atoms with E-state index in [2.05, 4.69) is 10.1 Å². The molecule has 1 fully saturated rings. The molecule has 5 rings (SSSR count). The fourth-order valence-electron chi connectivity index (χ4n) is 3.87. The molecule has 3 aliphatic rings. The molecule has 1 unspecified atom stereocenters. The van der Waals surface area contributed by atoms with Gasteiger partial charge in [-0.05, 0) is 24.0 Å². The predicted molar refractivity (Wildman–Crippen MR) is 85.3 cm³/mol. The van der Waals surface area contributed by atoms with Crippen LogP contribution in [0.3, 0.4) is 0 Å². The third-order valence-electron chi connectivity index (χ3n) is 5.15. The van der Waals surface area contributed by atoms with Crippen molar-refractivity contribution in [3.8, 4) is 0 Å². The van der Waals surface area contributed by atoms with Crippen molar-refractivity contribution in [2.45, 2.75) is 44.8 Å². The zero-order valence-electron chi connectivity index (χ0n) is 13.2. The Bertz CT molecular complexity index is 792. The van der Waals surface area contributed by atoms with Crippen LogP contribution in [0.15, 0.2) is 24.3 Å². The summed E-state index contributed by atoms with van der Waals surface area (Å²) >= 11 is 0. The molecule has 1 atom stereocenters. The van der Waals surface area contributed by atoms with Gasteiger partial charge in [-0.1, -0.05) is 24.3 Å². The van der Waals surface area contributed by atoms with Crippen molar-refractivity contribution in [1.82, 2.24) is 19.7 Å². The average Bonchev–Trinajstić information content (AvgIpc) is 3.13. The number of benzene rings is 1. The Hall–Kier alpha value is -2.70. The third kappa shape index (κ3) is 1.84. The lowest BCUT2D eigenvalue weighted by molar-refractivity contribution is -0.120. The number of amides is 3. The van der Waals surface area contributed by atoms with E-state index in [0.717, 1.165) is 42.8 Å². The van der Waals surface area contributed by atoms with Crippen LogP contribution in [-0.4, -0.2) is 37.6 Å². The van der Waals surface area contributed by atoms with E-state index in [-0.39, 0.29) is 17.9 Å². The molecule has 0 N–H and O–H groups in total. The summed E-state index contributed by atoms with van der Waals surface area (Å²) in [6, 6.07) is 7.23. The van der Waals surface area contributed by atoms with Gasteiger partial charge in [-0.25, -0.2) is 9.48 Å². The van der Waals surface area contributed by atoms with Crippen molar-refractivity contribution in [2.24, 2.45) is 0 Å². The van der Waals surface area contributed by atoms with Crippen molar-refractivity contribution in [3.63, 3.8) is 0 Å². The second-order valence-electron chi connectivity index (χ2n) is 6.58. The molecule has 1 aromatic heterocycles. The van der Waals surface area contributed by atoms with E-state index in [1.54, 1.807) is 4.90 Å². The van der Waals surface area contributed by atoms with Gasteiger partial charge in [0, 0.05) is 25.9 Å². The summed E-state index contributed by atoms with van der Waals surface area (Å²) in [6.07, 6.45) is 3.54. The Labute approximate surface area is 138 Å². The normalized spacial score (nSPS) is 22.4. The van der Waals surface area contributed by atoms with E-state index < -0.39 is 6.04 Å². The fraction of sp³-hybridized carbons (Fsp3) is 0.412. The molecule has 0 bridgehead atoms. The summed E-state index contributed by atoms with van der Waals surface area (Å²) in [5.74, 6) is 0.891. The number of carbonyl (C=O) groups is 2. The van der Waals surface area contributed by atoms with Gasteiger partial charge in [0.2, 0.25) is 0 Å². The van der Waals surface area contributed by atoms with Crippen molar-refractivity contribution in [1.29, 1.82) is 0 Å². The molecule has 7 heteroatoms. The van der Waals surface area contributed by atoms with Crippen LogP contribution in [0.2, 0.25) is 0 Å². The lowest BCUT2D eigenvalue weighted by atomic mass is 9.95. The summed E-state index contributed by atoms with van der Waals surface area (Å²) < 4.78 is 1.82. The lowest BCUT2D eigenvalue weighted by Gasteiger charge is -2.28. The van der Waals surface area contributed by atoms with Crippen molar-refractivity contribution in [2.75, 3.05) is 4.90 Å². The summed E-state index contributed by atoms with van der Waals surface area (Å²) in [5.41, 5.74) is 2.24. The minimum Gasteiger partial charge on any atom is -0.307 e. The number of hydrogen-bond donors (Lipinski definition) is 0. The standard InChI is InChI=1S/C17H17N5O2/c23-15-13-9-11-5-1-2-6-12(11)10-20(13)17(24)22(15)16-18-14-7-3-4-8-21(14)19-16/h1-2,5-6,13H,3-4,7-10H2. The molecule has 122 valence electrons. The van der Waals surface area contributed by atoms with Gasteiger partial charge in [0.05, 0.1) is 0 Å². The molecule has 1 saturated heterocycles. The van der Waals surface area contributed by atoms with Gasteiger partial charge in [-0.2, -0.15) is 9.88 Å². The van der Waals surface area contributed by atoms with Gasteiger partial charge < -0.3 is 4.90 Å². The van der Waals surface area contributed by atoms with Gasteiger partial charge >= 0.3 is 6.03 Å². The van der Waals surface area contributed by atoms with E-state index in [1.165, 1.54) is 4.90 Å². The largest absolute Gasteiger partial charge is 0.334 e. The average molecular weight is 323 g/mol. The molecular formula is C17H17N5O2. The molecule has 4 heterocycles. The predicted octanol–water partition coefficient (Wildman–Crippen LogP) is 1.51. The van der Waals surface area contributed by atoms with Gasteiger partial charge in [-0.15, -0.1) is 5.10 Å². The zero-order chi connectivity index (χ0) is 16.3. The summed E-state index contributed by atoms with van der Waals surface area (Å²) in [7, 11) is 0. The smallest absolute Gasteiger partial charge is 0.307 e. The highest BCUT2D eigenvalue weighted by Gasteiger charge is 2.49. The van der Waals surface area contributed by atoms with Crippen LogP contribution < -0.4 is 4.90 Å². The molecule has 0 radical (unpaired) electrons. The highest BCUT2D eigenvalue weighted by molar-refractivity contribution is 6.20. The maximum absolute atomic E-state index is 12.8. The summed E-state index contributed by atoms with van der Waals surface area (Å²) in [4.78, 5) is 32.9. The first kappa shape index (κ1) is 13.7. The van der Waals surface area contributed by atoms with Crippen molar-refractivity contribution < 1.29 is 9.59 Å². The Morgan fingerprint density at radius 3 is 2.75 bits per heavy atom. The highest BCUT2D eigenvalue weighted by atomic mass is 16.2. The van der Waals surface area contributed by atoms with Gasteiger partial charge in [0.1, 0.15) is 11.9 Å². The molecule has 7 nitrogen and oxygen atoms in total. The van der Waals surface area contributed by atoms with Crippen LogP contribution in [0.25, 0.3) is 0 Å². The number of imide groups is 1. The molecule has 3 aliphatic heterocycles. The minimum atomic E-state index is -0.437. The maximum Gasteiger partial charge on any atom is 0.334 e.